The number of furan rings is 3. The number of fused-ring (bicyclic) bond motifs is 10. The highest BCUT2D eigenvalue weighted by Crippen LogP contribution is 2.40. The summed E-state index contributed by atoms with van der Waals surface area (Å²) in [7, 11) is 1.70. The third-order valence-corrected chi connectivity index (χ3v) is 10.4. The zero-order valence-electron chi connectivity index (χ0n) is 27.6. The Hall–Kier alpha value is -6.78. The van der Waals surface area contributed by atoms with Gasteiger partial charge in [0.25, 0.3) is 0 Å². The van der Waals surface area contributed by atoms with Crippen molar-refractivity contribution in [3.05, 3.63) is 152 Å². The fraction of sp³-hybridized carbons (Fsp3) is 0.0213. The molecule has 0 aliphatic carbocycles. The van der Waals surface area contributed by atoms with Crippen molar-refractivity contribution in [1.82, 2.24) is 0 Å². The van der Waals surface area contributed by atoms with Gasteiger partial charge in [-0.2, -0.15) is 0 Å². The number of methoxy groups -OCH3 is 1. The highest BCUT2D eigenvalue weighted by atomic mass is 16.5. The van der Waals surface area contributed by atoms with Crippen LogP contribution in [0.5, 0.6) is 5.75 Å². The first-order valence-electron chi connectivity index (χ1n) is 17.1. The highest BCUT2D eigenvalue weighted by molar-refractivity contribution is 6.15. The summed E-state index contributed by atoms with van der Waals surface area (Å²) in [6.07, 6.45) is 0. The third kappa shape index (κ3) is 4.33. The summed E-state index contributed by atoms with van der Waals surface area (Å²) in [5, 5.41) is 8.88. The largest absolute Gasteiger partial charge is 0.496 e. The van der Waals surface area contributed by atoms with E-state index in [9.17, 15) is 0 Å². The summed E-state index contributed by atoms with van der Waals surface area (Å²) in [6.45, 7) is 0. The van der Waals surface area contributed by atoms with Crippen LogP contribution in [0.25, 0.3) is 110 Å². The van der Waals surface area contributed by atoms with Gasteiger partial charge in [-0.15, -0.1) is 0 Å². The topological polar surface area (TPSA) is 48.7 Å². The molecule has 0 saturated carbocycles. The van der Waals surface area contributed by atoms with Crippen LogP contribution in [0.4, 0.5) is 0 Å². The Labute approximate surface area is 291 Å². The van der Waals surface area contributed by atoms with Crippen molar-refractivity contribution in [2.75, 3.05) is 7.11 Å². The van der Waals surface area contributed by atoms with Crippen LogP contribution in [0.15, 0.2) is 165 Å². The number of benzene rings is 8. The Balaban J connectivity index is 0.975. The minimum Gasteiger partial charge on any atom is -0.496 e. The summed E-state index contributed by atoms with van der Waals surface area (Å²) in [6, 6.07) is 53.1. The number of para-hydroxylation sites is 2. The van der Waals surface area contributed by atoms with Gasteiger partial charge in [-0.05, 0) is 111 Å². The van der Waals surface area contributed by atoms with Gasteiger partial charge in [-0.3, -0.25) is 0 Å². The van der Waals surface area contributed by atoms with Gasteiger partial charge in [0.15, 0.2) is 0 Å². The fourth-order valence-electron chi connectivity index (χ4n) is 7.79. The molecule has 0 atom stereocenters. The summed E-state index contributed by atoms with van der Waals surface area (Å²) >= 11 is 0. The van der Waals surface area contributed by atoms with Gasteiger partial charge in [-0.25, -0.2) is 0 Å². The van der Waals surface area contributed by atoms with Crippen LogP contribution < -0.4 is 4.74 Å². The highest BCUT2D eigenvalue weighted by Gasteiger charge is 2.15. The van der Waals surface area contributed by atoms with E-state index in [1.807, 2.05) is 36.4 Å². The molecule has 51 heavy (non-hydrogen) atoms. The van der Waals surface area contributed by atoms with Gasteiger partial charge in [0, 0.05) is 37.9 Å². The lowest BCUT2D eigenvalue weighted by atomic mass is 9.96. The molecule has 11 rings (SSSR count). The van der Waals surface area contributed by atoms with Gasteiger partial charge in [-0.1, -0.05) is 78.9 Å². The van der Waals surface area contributed by atoms with E-state index in [4.69, 9.17) is 18.0 Å². The van der Waals surface area contributed by atoms with Crippen LogP contribution in [0.3, 0.4) is 0 Å². The summed E-state index contributed by atoms with van der Waals surface area (Å²) in [5.41, 5.74) is 11.9. The number of hydrogen-bond donors (Lipinski definition) is 0. The lowest BCUT2D eigenvalue weighted by Crippen LogP contribution is -1.86. The zero-order chi connectivity index (χ0) is 33.6. The number of hydrogen-bond acceptors (Lipinski definition) is 4. The van der Waals surface area contributed by atoms with E-state index in [1.54, 1.807) is 7.11 Å². The first kappa shape index (κ1) is 28.1. The van der Waals surface area contributed by atoms with Crippen molar-refractivity contribution >= 4 is 76.6 Å². The van der Waals surface area contributed by atoms with Crippen LogP contribution in [-0.4, -0.2) is 7.11 Å². The maximum atomic E-state index is 6.35. The summed E-state index contributed by atoms with van der Waals surface area (Å²) in [5.74, 6) is 0.842. The third-order valence-electron chi connectivity index (χ3n) is 10.4. The van der Waals surface area contributed by atoms with Crippen molar-refractivity contribution in [3.8, 4) is 39.1 Å². The molecule has 11 aromatic rings. The summed E-state index contributed by atoms with van der Waals surface area (Å²) < 4.78 is 24.5. The van der Waals surface area contributed by atoms with E-state index in [2.05, 4.69) is 115 Å². The second-order valence-corrected chi connectivity index (χ2v) is 13.3. The molecule has 0 spiro atoms. The Morgan fingerprint density at radius 1 is 0.333 bits per heavy atom. The maximum absolute atomic E-state index is 6.35. The lowest BCUT2D eigenvalue weighted by Gasteiger charge is -2.08. The molecular weight excluding hydrogens is 629 g/mol. The van der Waals surface area contributed by atoms with Crippen LogP contribution in [0, 0.1) is 0 Å². The standard InChI is InChI=1S/C47H28O4/c1-48-41-8-4-2-6-34(41)32-14-17-36-37-22-30(15-18-43(37)50-45(36)24-32)28-12-10-27-11-13-29(21-33(27)20-28)31-16-19-44-38(23-31)40-26-46-39(25-47(40)51-44)35-7-3-5-9-42(35)49-46/h2-26H,1H3. The van der Waals surface area contributed by atoms with E-state index in [0.717, 1.165) is 105 Å². The molecule has 0 unspecified atom stereocenters. The SMILES string of the molecule is COc1ccccc1-c1ccc2c(c1)oc1ccc(-c3ccc4ccc(-c5ccc6oc7cc8c(cc7c6c5)oc5ccccc58)cc4c3)cc12. The molecule has 0 N–H and O–H groups in total. The average Bonchev–Trinajstić information content (AvgIpc) is 3.86. The number of rotatable bonds is 4. The predicted octanol–water partition coefficient (Wildman–Crippen LogP) is 13.5. The molecule has 0 saturated heterocycles. The maximum Gasteiger partial charge on any atom is 0.136 e. The van der Waals surface area contributed by atoms with Crippen molar-refractivity contribution in [3.63, 3.8) is 0 Å². The van der Waals surface area contributed by atoms with Gasteiger partial charge in [0.05, 0.1) is 7.11 Å². The molecule has 0 bridgehead atoms. The minimum absolute atomic E-state index is 0.842. The molecule has 240 valence electrons. The lowest BCUT2D eigenvalue weighted by molar-refractivity contribution is 0.416. The molecule has 0 radical (unpaired) electrons. The monoisotopic (exact) mass is 656 g/mol. The predicted molar refractivity (Wildman–Crippen MR) is 209 cm³/mol. The van der Waals surface area contributed by atoms with Crippen molar-refractivity contribution in [2.24, 2.45) is 0 Å². The van der Waals surface area contributed by atoms with Crippen LogP contribution in [0.2, 0.25) is 0 Å². The molecule has 0 aliphatic rings. The second kappa shape index (κ2) is 10.6. The van der Waals surface area contributed by atoms with Gasteiger partial charge in [0.1, 0.15) is 39.2 Å². The Kier molecular flexibility index (Phi) is 5.84. The average molecular weight is 657 g/mol. The second-order valence-electron chi connectivity index (χ2n) is 13.3. The van der Waals surface area contributed by atoms with E-state index in [-0.39, 0.29) is 0 Å². The Morgan fingerprint density at radius 3 is 1.53 bits per heavy atom. The Morgan fingerprint density at radius 2 is 0.824 bits per heavy atom. The first-order valence-corrected chi connectivity index (χ1v) is 17.1. The van der Waals surface area contributed by atoms with Gasteiger partial charge >= 0.3 is 0 Å². The van der Waals surface area contributed by atoms with E-state index < -0.39 is 0 Å². The van der Waals surface area contributed by atoms with E-state index in [1.165, 1.54) is 10.8 Å². The molecule has 3 aromatic heterocycles. The molecular formula is C47H28O4. The molecule has 0 aliphatic heterocycles. The normalized spacial score (nSPS) is 12.0. The van der Waals surface area contributed by atoms with Crippen LogP contribution in [-0.2, 0) is 0 Å². The molecule has 4 nitrogen and oxygen atoms in total. The zero-order valence-corrected chi connectivity index (χ0v) is 27.6. The molecule has 4 heteroatoms. The number of ether oxygens (including phenoxy) is 1. The smallest absolute Gasteiger partial charge is 0.136 e. The summed E-state index contributed by atoms with van der Waals surface area (Å²) in [4.78, 5) is 0. The molecule has 3 heterocycles. The van der Waals surface area contributed by atoms with Crippen LogP contribution in [0.1, 0.15) is 0 Å². The Bertz CT molecular complexity index is 3190. The fourth-order valence-corrected chi connectivity index (χ4v) is 7.79. The molecule has 8 aromatic carbocycles. The minimum atomic E-state index is 0.842. The van der Waals surface area contributed by atoms with E-state index >= 15 is 0 Å². The first-order chi connectivity index (χ1) is 25.2. The van der Waals surface area contributed by atoms with Crippen molar-refractivity contribution in [2.45, 2.75) is 0 Å². The quantitative estimate of drug-likeness (QED) is 0.189. The molecule has 0 amide bonds. The van der Waals surface area contributed by atoms with Gasteiger partial charge in [0.2, 0.25) is 0 Å². The van der Waals surface area contributed by atoms with Crippen LogP contribution >= 0.6 is 0 Å². The van der Waals surface area contributed by atoms with E-state index in [0.29, 0.717) is 0 Å². The molecule has 0 fully saturated rings. The van der Waals surface area contributed by atoms with Gasteiger partial charge < -0.3 is 18.0 Å². The van der Waals surface area contributed by atoms with Crippen molar-refractivity contribution < 1.29 is 18.0 Å². The van der Waals surface area contributed by atoms with Crippen molar-refractivity contribution in [1.29, 1.82) is 0 Å².